The number of hydrogen-bond acceptors (Lipinski definition) is 4. The molecule has 0 fully saturated rings. The summed E-state index contributed by atoms with van der Waals surface area (Å²) in [5.41, 5.74) is 0.114. The van der Waals surface area contributed by atoms with Crippen molar-refractivity contribution in [3.63, 3.8) is 0 Å². The summed E-state index contributed by atoms with van der Waals surface area (Å²) in [5, 5.41) is 13.6. The van der Waals surface area contributed by atoms with E-state index in [2.05, 4.69) is 15.4 Å². The lowest BCUT2D eigenvalue weighted by Crippen LogP contribution is -2.34. The van der Waals surface area contributed by atoms with Crippen LogP contribution in [0.15, 0.2) is 18.2 Å². The van der Waals surface area contributed by atoms with E-state index in [0.29, 0.717) is 0 Å². The summed E-state index contributed by atoms with van der Waals surface area (Å²) in [6.07, 6.45) is 0. The minimum absolute atomic E-state index is 0.0184. The standard InChI is InChI=1S/C12H13ClN2O5/c1-2-20-10(16)6-14-12(19)15-9-5-7(11(17)18)3-4-8(9)13/h3-5H,2,6H2,1H3,(H,17,18)(H2,14,15,19). The number of carboxylic acids is 1. The van der Waals surface area contributed by atoms with Gasteiger partial charge in [0.25, 0.3) is 0 Å². The number of urea groups is 1. The van der Waals surface area contributed by atoms with Gasteiger partial charge in [0.1, 0.15) is 6.54 Å². The minimum atomic E-state index is -1.14. The first kappa shape index (κ1) is 15.8. The molecule has 108 valence electrons. The van der Waals surface area contributed by atoms with Gasteiger partial charge in [-0.1, -0.05) is 11.6 Å². The van der Waals surface area contributed by atoms with Crippen LogP contribution in [-0.4, -0.2) is 36.2 Å². The van der Waals surface area contributed by atoms with E-state index in [1.165, 1.54) is 18.2 Å². The van der Waals surface area contributed by atoms with Crippen molar-refractivity contribution < 1.29 is 24.2 Å². The SMILES string of the molecule is CCOC(=O)CNC(=O)Nc1cc(C(=O)O)ccc1Cl. The summed E-state index contributed by atoms with van der Waals surface area (Å²) < 4.78 is 4.63. The second-order valence-corrected chi connectivity index (χ2v) is 4.02. The number of carboxylic acid groups (broad SMARTS) is 1. The van der Waals surface area contributed by atoms with Crippen molar-refractivity contribution in [2.75, 3.05) is 18.5 Å². The van der Waals surface area contributed by atoms with Crippen LogP contribution in [0.5, 0.6) is 0 Å². The number of halogens is 1. The van der Waals surface area contributed by atoms with Crippen molar-refractivity contribution in [3.8, 4) is 0 Å². The van der Waals surface area contributed by atoms with Gasteiger partial charge in [-0.15, -0.1) is 0 Å². The van der Waals surface area contributed by atoms with Crippen LogP contribution in [-0.2, 0) is 9.53 Å². The van der Waals surface area contributed by atoms with Gasteiger partial charge in [0.2, 0.25) is 0 Å². The molecule has 0 heterocycles. The summed E-state index contributed by atoms with van der Waals surface area (Å²) >= 11 is 5.83. The summed E-state index contributed by atoms with van der Waals surface area (Å²) in [6.45, 7) is 1.57. The Morgan fingerprint density at radius 1 is 1.35 bits per heavy atom. The van der Waals surface area contributed by atoms with Crippen LogP contribution in [0.4, 0.5) is 10.5 Å². The molecule has 0 saturated heterocycles. The Labute approximate surface area is 119 Å². The molecule has 8 heteroatoms. The Bertz CT molecular complexity index is 533. The molecule has 0 unspecified atom stereocenters. The number of carbonyl (C=O) groups is 3. The molecule has 1 rings (SSSR count). The Hall–Kier alpha value is -2.28. The average molecular weight is 301 g/mol. The number of rotatable bonds is 5. The highest BCUT2D eigenvalue weighted by Gasteiger charge is 2.11. The number of hydrogen-bond donors (Lipinski definition) is 3. The van der Waals surface area contributed by atoms with Crippen LogP contribution in [0.2, 0.25) is 5.02 Å². The molecule has 0 aliphatic carbocycles. The van der Waals surface area contributed by atoms with Gasteiger partial charge >= 0.3 is 18.0 Å². The number of amides is 2. The first-order chi connectivity index (χ1) is 9.43. The molecule has 1 aromatic rings. The quantitative estimate of drug-likeness (QED) is 0.718. The predicted octanol–water partition coefficient (Wildman–Crippen LogP) is 1.72. The lowest BCUT2D eigenvalue weighted by molar-refractivity contribution is -0.141. The first-order valence-corrected chi connectivity index (χ1v) is 6.05. The highest BCUT2D eigenvalue weighted by atomic mass is 35.5. The molecule has 0 saturated carbocycles. The number of esters is 1. The molecule has 0 atom stereocenters. The monoisotopic (exact) mass is 300 g/mol. The van der Waals surface area contributed by atoms with Crippen LogP contribution in [0.25, 0.3) is 0 Å². The first-order valence-electron chi connectivity index (χ1n) is 5.67. The minimum Gasteiger partial charge on any atom is -0.478 e. The van der Waals surface area contributed by atoms with E-state index in [9.17, 15) is 14.4 Å². The summed E-state index contributed by atoms with van der Waals surface area (Å²) in [4.78, 5) is 33.4. The van der Waals surface area contributed by atoms with Crippen molar-refractivity contribution in [3.05, 3.63) is 28.8 Å². The Morgan fingerprint density at radius 3 is 2.65 bits per heavy atom. The molecular formula is C12H13ClN2O5. The zero-order valence-corrected chi connectivity index (χ0v) is 11.4. The zero-order chi connectivity index (χ0) is 15.1. The van der Waals surface area contributed by atoms with Gasteiger partial charge in [0.15, 0.2) is 0 Å². The van der Waals surface area contributed by atoms with Crippen molar-refractivity contribution >= 4 is 35.3 Å². The Kier molecular flexibility index (Phi) is 5.79. The lowest BCUT2D eigenvalue weighted by atomic mass is 10.2. The third-order valence-corrected chi connectivity index (χ3v) is 2.49. The zero-order valence-electron chi connectivity index (χ0n) is 10.6. The van der Waals surface area contributed by atoms with Gasteiger partial charge in [-0.25, -0.2) is 9.59 Å². The van der Waals surface area contributed by atoms with E-state index in [-0.39, 0.29) is 29.4 Å². The third kappa shape index (κ3) is 4.77. The molecule has 0 aliphatic heterocycles. The van der Waals surface area contributed by atoms with Gasteiger partial charge in [0.05, 0.1) is 22.9 Å². The molecule has 0 bridgehead atoms. The van der Waals surface area contributed by atoms with Crippen molar-refractivity contribution in [2.24, 2.45) is 0 Å². The number of ether oxygens (including phenoxy) is 1. The van der Waals surface area contributed by atoms with E-state index in [4.69, 9.17) is 16.7 Å². The molecule has 0 spiro atoms. The molecule has 3 N–H and O–H groups in total. The average Bonchev–Trinajstić information content (AvgIpc) is 2.39. The van der Waals surface area contributed by atoms with Crippen LogP contribution in [0.1, 0.15) is 17.3 Å². The number of benzene rings is 1. The molecule has 0 radical (unpaired) electrons. The fourth-order valence-corrected chi connectivity index (χ4v) is 1.45. The summed E-state index contributed by atoms with van der Waals surface area (Å²) in [7, 11) is 0. The Balaban J connectivity index is 2.63. The van der Waals surface area contributed by atoms with E-state index < -0.39 is 18.0 Å². The van der Waals surface area contributed by atoms with Crippen molar-refractivity contribution in [1.82, 2.24) is 5.32 Å². The smallest absolute Gasteiger partial charge is 0.335 e. The summed E-state index contributed by atoms with van der Waals surface area (Å²) in [6, 6.07) is 3.19. The van der Waals surface area contributed by atoms with Gasteiger partial charge < -0.3 is 20.5 Å². The topological polar surface area (TPSA) is 105 Å². The van der Waals surface area contributed by atoms with Crippen LogP contribution in [0.3, 0.4) is 0 Å². The second kappa shape index (κ2) is 7.34. The highest BCUT2D eigenvalue weighted by Crippen LogP contribution is 2.22. The fourth-order valence-electron chi connectivity index (χ4n) is 1.29. The van der Waals surface area contributed by atoms with Gasteiger partial charge in [0, 0.05) is 0 Å². The maximum Gasteiger partial charge on any atom is 0.335 e. The highest BCUT2D eigenvalue weighted by molar-refractivity contribution is 6.33. The molecule has 1 aromatic carbocycles. The molecule has 0 aromatic heterocycles. The van der Waals surface area contributed by atoms with Crippen LogP contribution >= 0.6 is 11.6 Å². The predicted molar refractivity (Wildman–Crippen MR) is 72.1 cm³/mol. The maximum absolute atomic E-state index is 11.5. The molecule has 20 heavy (non-hydrogen) atoms. The van der Waals surface area contributed by atoms with Crippen LogP contribution in [0, 0.1) is 0 Å². The van der Waals surface area contributed by atoms with Crippen LogP contribution < -0.4 is 10.6 Å². The van der Waals surface area contributed by atoms with Crippen molar-refractivity contribution in [1.29, 1.82) is 0 Å². The van der Waals surface area contributed by atoms with Gasteiger partial charge in [-0.05, 0) is 25.1 Å². The van der Waals surface area contributed by atoms with E-state index >= 15 is 0 Å². The van der Waals surface area contributed by atoms with E-state index in [0.717, 1.165) is 0 Å². The third-order valence-electron chi connectivity index (χ3n) is 2.16. The van der Waals surface area contributed by atoms with E-state index in [1.807, 2.05) is 0 Å². The van der Waals surface area contributed by atoms with Crippen molar-refractivity contribution in [2.45, 2.75) is 6.92 Å². The van der Waals surface area contributed by atoms with Gasteiger partial charge in [-0.3, -0.25) is 4.79 Å². The number of anilines is 1. The van der Waals surface area contributed by atoms with Gasteiger partial charge in [-0.2, -0.15) is 0 Å². The Morgan fingerprint density at radius 2 is 2.05 bits per heavy atom. The normalized spacial score (nSPS) is 9.70. The molecule has 2 amide bonds. The number of carbonyl (C=O) groups excluding carboxylic acids is 2. The molecule has 7 nitrogen and oxygen atoms in total. The fraction of sp³-hybridized carbons (Fsp3) is 0.250. The number of nitrogens with one attached hydrogen (secondary N) is 2. The molecule has 0 aliphatic rings. The maximum atomic E-state index is 11.5. The molecular weight excluding hydrogens is 288 g/mol. The second-order valence-electron chi connectivity index (χ2n) is 3.61. The lowest BCUT2D eigenvalue weighted by Gasteiger charge is -2.09. The van der Waals surface area contributed by atoms with E-state index in [1.54, 1.807) is 6.92 Å². The number of aromatic carboxylic acids is 1. The largest absolute Gasteiger partial charge is 0.478 e. The summed E-state index contributed by atoms with van der Waals surface area (Å²) in [5.74, 6) is -1.72.